The van der Waals surface area contributed by atoms with Crippen LogP contribution in [0.15, 0.2) is 72.0 Å². The Labute approximate surface area is 162 Å². The van der Waals surface area contributed by atoms with Crippen LogP contribution in [0.3, 0.4) is 0 Å². The highest BCUT2D eigenvalue weighted by Crippen LogP contribution is 2.30. The maximum absolute atomic E-state index is 11.8. The van der Waals surface area contributed by atoms with Crippen LogP contribution in [0.4, 0.5) is 0 Å². The van der Waals surface area contributed by atoms with Crippen molar-refractivity contribution < 1.29 is 9.59 Å². The molecule has 0 unspecified atom stereocenters. The topological polar surface area (TPSA) is 55.2 Å². The van der Waals surface area contributed by atoms with Gasteiger partial charge < -0.3 is 0 Å². The van der Waals surface area contributed by atoms with E-state index in [0.29, 0.717) is 25.1 Å². The summed E-state index contributed by atoms with van der Waals surface area (Å²) in [5.41, 5.74) is 3.13. The highest BCUT2D eigenvalue weighted by molar-refractivity contribution is 7.99. The second-order valence-corrected chi connectivity index (χ2v) is 7.31. The molecule has 0 saturated carbocycles. The van der Waals surface area contributed by atoms with E-state index in [4.69, 9.17) is 0 Å². The molecule has 4 rings (SSSR count). The van der Waals surface area contributed by atoms with E-state index in [9.17, 15) is 9.59 Å². The third-order valence-electron chi connectivity index (χ3n) is 4.51. The number of para-hydroxylation sites is 1. The molecule has 1 saturated heterocycles. The van der Waals surface area contributed by atoms with E-state index in [1.807, 2.05) is 54.7 Å². The van der Waals surface area contributed by atoms with Crippen molar-refractivity contribution in [3.63, 3.8) is 0 Å². The number of imide groups is 1. The Bertz CT molecular complexity index is 938. The molecule has 5 nitrogen and oxygen atoms in total. The van der Waals surface area contributed by atoms with Crippen molar-refractivity contribution in [3.05, 3.63) is 66.9 Å². The fourth-order valence-electron chi connectivity index (χ4n) is 3.18. The van der Waals surface area contributed by atoms with E-state index in [1.165, 1.54) is 4.90 Å². The minimum atomic E-state index is -0.0722. The molecule has 1 aliphatic heterocycles. The van der Waals surface area contributed by atoms with Gasteiger partial charge >= 0.3 is 0 Å². The molecule has 136 valence electrons. The largest absolute Gasteiger partial charge is 0.287 e. The minimum absolute atomic E-state index is 0.0722. The second-order valence-electron chi connectivity index (χ2n) is 6.25. The summed E-state index contributed by atoms with van der Waals surface area (Å²) in [4.78, 5) is 29.5. The van der Waals surface area contributed by atoms with Crippen LogP contribution in [0.25, 0.3) is 16.9 Å². The van der Waals surface area contributed by atoms with Gasteiger partial charge in [0.2, 0.25) is 11.8 Å². The predicted molar refractivity (Wildman–Crippen MR) is 106 cm³/mol. The number of rotatable bonds is 6. The Morgan fingerprint density at radius 3 is 2.19 bits per heavy atom. The van der Waals surface area contributed by atoms with Gasteiger partial charge in [-0.1, -0.05) is 60.3 Å². The highest BCUT2D eigenvalue weighted by Gasteiger charge is 2.28. The molecule has 2 aromatic carbocycles. The molecule has 1 aromatic heterocycles. The Balaban J connectivity index is 1.60. The molecule has 3 aromatic rings. The van der Waals surface area contributed by atoms with Gasteiger partial charge in [-0.05, 0) is 12.1 Å². The van der Waals surface area contributed by atoms with Gasteiger partial charge in [0.25, 0.3) is 0 Å². The van der Waals surface area contributed by atoms with Gasteiger partial charge in [-0.2, -0.15) is 0 Å². The maximum atomic E-state index is 11.8. The monoisotopic (exact) mass is 377 g/mol. The summed E-state index contributed by atoms with van der Waals surface area (Å²) < 4.78 is 2.12. The van der Waals surface area contributed by atoms with E-state index >= 15 is 0 Å². The first kappa shape index (κ1) is 17.5. The Morgan fingerprint density at radius 1 is 0.889 bits per heavy atom. The standard InChI is InChI=1S/C21H19N3O2S/c25-19-11-12-20(26)23(19)13-14-27-21-22-15-18(16-7-3-1-4-8-16)24(21)17-9-5-2-6-10-17/h1-10,15H,11-14H2. The molecule has 0 radical (unpaired) electrons. The number of carbonyl (C=O) groups excluding carboxylic acids is 2. The van der Waals surface area contributed by atoms with Gasteiger partial charge in [-0.25, -0.2) is 4.98 Å². The first-order chi connectivity index (χ1) is 13.2. The van der Waals surface area contributed by atoms with Crippen LogP contribution in [0, 0.1) is 0 Å². The number of likely N-dealkylation sites (tertiary alicyclic amines) is 1. The number of aromatic nitrogens is 2. The molecule has 0 bridgehead atoms. The van der Waals surface area contributed by atoms with Gasteiger partial charge in [0.1, 0.15) is 0 Å². The minimum Gasteiger partial charge on any atom is -0.287 e. The molecule has 2 heterocycles. The molecular weight excluding hydrogens is 358 g/mol. The van der Waals surface area contributed by atoms with Crippen molar-refractivity contribution in [1.82, 2.24) is 14.5 Å². The summed E-state index contributed by atoms with van der Waals surface area (Å²) in [6.07, 6.45) is 2.54. The first-order valence-corrected chi connectivity index (χ1v) is 9.87. The van der Waals surface area contributed by atoms with Gasteiger partial charge in [0.15, 0.2) is 5.16 Å². The van der Waals surface area contributed by atoms with Crippen LogP contribution >= 0.6 is 11.8 Å². The number of carbonyl (C=O) groups is 2. The van der Waals surface area contributed by atoms with Crippen LogP contribution < -0.4 is 0 Å². The number of hydrogen-bond acceptors (Lipinski definition) is 4. The number of benzene rings is 2. The summed E-state index contributed by atoms with van der Waals surface area (Å²) in [6, 6.07) is 20.2. The fraction of sp³-hybridized carbons (Fsp3) is 0.190. The molecule has 1 aliphatic rings. The van der Waals surface area contributed by atoms with E-state index in [2.05, 4.69) is 21.7 Å². The average Bonchev–Trinajstić information content (AvgIpc) is 3.27. The Hall–Kier alpha value is -2.86. The molecule has 0 atom stereocenters. The number of thioether (sulfide) groups is 1. The Morgan fingerprint density at radius 2 is 1.52 bits per heavy atom. The normalized spacial score (nSPS) is 14.1. The van der Waals surface area contributed by atoms with Crippen molar-refractivity contribution in [2.24, 2.45) is 0 Å². The number of nitrogens with zero attached hydrogens (tertiary/aromatic N) is 3. The van der Waals surface area contributed by atoms with E-state index < -0.39 is 0 Å². The molecule has 0 spiro atoms. The lowest BCUT2D eigenvalue weighted by molar-refractivity contribution is -0.137. The molecule has 1 fully saturated rings. The number of amides is 2. The third kappa shape index (κ3) is 3.66. The van der Waals surface area contributed by atoms with Gasteiger partial charge in [0.05, 0.1) is 11.9 Å². The SMILES string of the molecule is O=C1CCC(=O)N1CCSc1ncc(-c2ccccc2)n1-c1ccccc1. The smallest absolute Gasteiger partial charge is 0.229 e. The van der Waals surface area contributed by atoms with Crippen molar-refractivity contribution in [2.75, 3.05) is 12.3 Å². The maximum Gasteiger partial charge on any atom is 0.229 e. The molecule has 6 heteroatoms. The summed E-state index contributed by atoms with van der Waals surface area (Å²) in [7, 11) is 0. The van der Waals surface area contributed by atoms with Crippen molar-refractivity contribution >= 4 is 23.6 Å². The predicted octanol–water partition coefficient (Wildman–Crippen LogP) is 3.78. The fourth-order valence-corrected chi connectivity index (χ4v) is 4.09. The Kier molecular flexibility index (Phi) is 5.07. The molecule has 27 heavy (non-hydrogen) atoms. The number of imidazole rings is 1. The zero-order valence-electron chi connectivity index (χ0n) is 14.7. The van der Waals surface area contributed by atoms with Gasteiger partial charge in [0, 0.05) is 36.4 Å². The van der Waals surface area contributed by atoms with E-state index in [0.717, 1.165) is 22.1 Å². The lowest BCUT2D eigenvalue weighted by Crippen LogP contribution is -2.31. The lowest BCUT2D eigenvalue weighted by atomic mass is 10.1. The third-order valence-corrected chi connectivity index (χ3v) is 5.45. The lowest BCUT2D eigenvalue weighted by Gasteiger charge is -2.14. The molecular formula is C21H19N3O2S. The average molecular weight is 377 g/mol. The van der Waals surface area contributed by atoms with Crippen molar-refractivity contribution in [1.29, 1.82) is 0 Å². The number of hydrogen-bond donors (Lipinski definition) is 0. The molecule has 0 N–H and O–H groups in total. The summed E-state index contributed by atoms with van der Waals surface area (Å²) in [5, 5.41) is 0.846. The van der Waals surface area contributed by atoms with Crippen molar-refractivity contribution in [2.45, 2.75) is 18.0 Å². The van der Waals surface area contributed by atoms with E-state index in [1.54, 1.807) is 11.8 Å². The van der Waals surface area contributed by atoms with Crippen molar-refractivity contribution in [3.8, 4) is 16.9 Å². The zero-order valence-corrected chi connectivity index (χ0v) is 15.6. The van der Waals surface area contributed by atoms with Crippen LogP contribution in [0.1, 0.15) is 12.8 Å². The van der Waals surface area contributed by atoms with Crippen LogP contribution in [0.2, 0.25) is 0 Å². The van der Waals surface area contributed by atoms with Crippen LogP contribution in [0.5, 0.6) is 0 Å². The molecule has 2 amide bonds. The van der Waals surface area contributed by atoms with E-state index in [-0.39, 0.29) is 11.8 Å². The quantitative estimate of drug-likeness (QED) is 0.485. The van der Waals surface area contributed by atoms with Gasteiger partial charge in [-0.15, -0.1) is 0 Å². The summed E-state index contributed by atoms with van der Waals surface area (Å²) in [6.45, 7) is 0.421. The molecule has 0 aliphatic carbocycles. The van der Waals surface area contributed by atoms with Gasteiger partial charge in [-0.3, -0.25) is 19.1 Å². The highest BCUT2D eigenvalue weighted by atomic mass is 32.2. The van der Waals surface area contributed by atoms with Crippen LogP contribution in [-0.2, 0) is 9.59 Å². The zero-order chi connectivity index (χ0) is 18.6. The summed E-state index contributed by atoms with van der Waals surface area (Å²) in [5.74, 6) is 0.476. The summed E-state index contributed by atoms with van der Waals surface area (Å²) >= 11 is 1.55. The first-order valence-electron chi connectivity index (χ1n) is 8.88. The van der Waals surface area contributed by atoms with Crippen LogP contribution in [-0.4, -0.2) is 38.6 Å². The second kappa shape index (κ2) is 7.80.